The molecule has 0 fully saturated rings. The maximum Gasteiger partial charge on any atom is 0.171 e. The molecule has 10 rings (SSSR count). The van der Waals surface area contributed by atoms with Crippen LogP contribution in [0.1, 0.15) is 0 Å². The van der Waals surface area contributed by atoms with Crippen LogP contribution in [-0.2, 0) is 4.57 Å². The smallest absolute Gasteiger partial charge is 0.171 e. The molecule has 0 atom stereocenters. The molecule has 2 aromatic heterocycles. The van der Waals surface area contributed by atoms with Crippen LogP contribution in [0.3, 0.4) is 0 Å². The van der Waals surface area contributed by atoms with Gasteiger partial charge in [0.05, 0.1) is 16.6 Å². The third-order valence-corrected chi connectivity index (χ3v) is 13.3. The molecule has 0 aliphatic carbocycles. The third-order valence-electron chi connectivity index (χ3n) is 10.3. The molecule has 0 saturated heterocycles. The molecule has 8 aromatic carbocycles. The van der Waals surface area contributed by atoms with Gasteiger partial charge >= 0.3 is 0 Å². The van der Waals surface area contributed by atoms with E-state index in [1.807, 2.05) is 72.8 Å². The fraction of sp³-hybridized carbons (Fsp3) is 0. The van der Waals surface area contributed by atoms with E-state index in [0.717, 1.165) is 65.8 Å². The van der Waals surface area contributed by atoms with Crippen LogP contribution in [0.15, 0.2) is 188 Å². The lowest BCUT2D eigenvalue weighted by molar-refractivity contribution is 0.592. The SMILES string of the molecule is O=P(c1ccccc1)(c1ccccc1)c1ccc(-c2ccc(-c3ccc4c(c3)c3c5ccccc5ccc3c3nc5ccccc5n43)cc2)cc1. The second-order valence-electron chi connectivity index (χ2n) is 13.1. The van der Waals surface area contributed by atoms with Crippen LogP contribution in [0.2, 0.25) is 0 Å². The van der Waals surface area contributed by atoms with E-state index in [9.17, 15) is 4.57 Å². The standard InChI is InChI=1S/C47H31N2OP/c50-51(37-12-3-1-4-13-37,38-14-5-2-6-15-38)39-27-23-33(24-28-39)32-19-21-34(22-20-32)36-26-30-44-42(31-36)46-40-16-8-7-11-35(40)25-29-41(46)47-48-43-17-9-10-18-45(43)49(44)47/h1-31H. The van der Waals surface area contributed by atoms with Crippen molar-refractivity contribution in [3.8, 4) is 22.3 Å². The summed E-state index contributed by atoms with van der Waals surface area (Å²) < 4.78 is 17.1. The summed E-state index contributed by atoms with van der Waals surface area (Å²) in [4.78, 5) is 5.12. The highest BCUT2D eigenvalue weighted by molar-refractivity contribution is 7.85. The zero-order valence-corrected chi connectivity index (χ0v) is 28.5. The minimum absolute atomic E-state index is 0.830. The molecule has 0 unspecified atom stereocenters. The number of hydrogen-bond acceptors (Lipinski definition) is 2. The zero-order valence-electron chi connectivity index (χ0n) is 27.6. The molecule has 2 heterocycles. The molecule has 0 spiro atoms. The van der Waals surface area contributed by atoms with Gasteiger partial charge in [0.2, 0.25) is 0 Å². The van der Waals surface area contributed by atoms with Crippen molar-refractivity contribution in [1.82, 2.24) is 9.38 Å². The summed E-state index contributed by atoms with van der Waals surface area (Å²) in [5.74, 6) is 0. The van der Waals surface area contributed by atoms with Crippen molar-refractivity contribution >= 4 is 72.2 Å². The monoisotopic (exact) mass is 670 g/mol. The van der Waals surface area contributed by atoms with E-state index < -0.39 is 7.14 Å². The first-order valence-electron chi connectivity index (χ1n) is 17.2. The molecule has 0 aliphatic heterocycles. The molecule has 0 saturated carbocycles. The summed E-state index contributed by atoms with van der Waals surface area (Å²) in [7, 11) is -3.02. The van der Waals surface area contributed by atoms with Gasteiger partial charge < -0.3 is 4.57 Å². The number of para-hydroxylation sites is 2. The van der Waals surface area contributed by atoms with Gasteiger partial charge in [-0.25, -0.2) is 4.98 Å². The van der Waals surface area contributed by atoms with Gasteiger partial charge in [-0.05, 0) is 63.4 Å². The average molecular weight is 671 g/mol. The number of rotatable bonds is 5. The Morgan fingerprint density at radius 2 is 0.961 bits per heavy atom. The van der Waals surface area contributed by atoms with Crippen molar-refractivity contribution in [3.05, 3.63) is 188 Å². The summed E-state index contributed by atoms with van der Waals surface area (Å²) in [5, 5.41) is 8.54. The van der Waals surface area contributed by atoms with Crippen LogP contribution in [0.25, 0.3) is 71.4 Å². The predicted octanol–water partition coefficient (Wildman–Crippen LogP) is 10.9. The first-order chi connectivity index (χ1) is 25.2. The van der Waals surface area contributed by atoms with Crippen LogP contribution in [-0.4, -0.2) is 9.38 Å². The number of pyridine rings is 1. The Hall–Kier alpha value is -6.28. The molecule has 3 nitrogen and oxygen atoms in total. The molecule has 0 N–H and O–H groups in total. The predicted molar refractivity (Wildman–Crippen MR) is 215 cm³/mol. The van der Waals surface area contributed by atoms with Crippen LogP contribution < -0.4 is 15.9 Å². The second kappa shape index (κ2) is 11.7. The highest BCUT2D eigenvalue weighted by Crippen LogP contribution is 2.43. The Kier molecular flexibility index (Phi) is 6.77. The molecule has 0 aliphatic rings. The molecule has 4 heteroatoms. The Balaban J connectivity index is 1.07. The lowest BCUT2D eigenvalue weighted by Gasteiger charge is -2.20. The number of benzene rings is 8. The molecule has 0 radical (unpaired) electrons. The van der Waals surface area contributed by atoms with Crippen LogP contribution >= 0.6 is 7.14 Å². The minimum atomic E-state index is -3.02. The maximum absolute atomic E-state index is 14.8. The largest absolute Gasteiger partial charge is 0.309 e. The Morgan fingerprint density at radius 3 is 1.67 bits per heavy atom. The molecule has 0 bridgehead atoms. The molecule has 240 valence electrons. The number of imidazole rings is 1. The van der Waals surface area contributed by atoms with Crippen molar-refractivity contribution in [2.45, 2.75) is 0 Å². The topological polar surface area (TPSA) is 34.4 Å². The van der Waals surface area contributed by atoms with Gasteiger partial charge in [0.1, 0.15) is 5.65 Å². The first-order valence-corrected chi connectivity index (χ1v) is 18.9. The summed E-state index contributed by atoms with van der Waals surface area (Å²) in [5.41, 5.74) is 8.75. The van der Waals surface area contributed by atoms with E-state index in [1.54, 1.807) is 0 Å². The Bertz CT molecular complexity index is 2920. The van der Waals surface area contributed by atoms with Crippen LogP contribution in [0.5, 0.6) is 0 Å². The van der Waals surface area contributed by atoms with Gasteiger partial charge in [-0.15, -0.1) is 0 Å². The van der Waals surface area contributed by atoms with Gasteiger partial charge in [-0.1, -0.05) is 158 Å². The number of fused-ring (bicyclic) bond motifs is 10. The first kappa shape index (κ1) is 29.6. The van der Waals surface area contributed by atoms with Crippen LogP contribution in [0, 0.1) is 0 Å². The van der Waals surface area contributed by atoms with Gasteiger partial charge in [0, 0.05) is 32.1 Å². The molecule has 0 amide bonds. The molecule has 51 heavy (non-hydrogen) atoms. The highest BCUT2D eigenvalue weighted by atomic mass is 31.2. The molecular weight excluding hydrogens is 640 g/mol. The summed E-state index contributed by atoms with van der Waals surface area (Å²) >= 11 is 0. The number of aromatic nitrogens is 2. The fourth-order valence-corrected chi connectivity index (χ4v) is 10.4. The van der Waals surface area contributed by atoms with Crippen LogP contribution in [0.4, 0.5) is 0 Å². The third kappa shape index (κ3) is 4.66. The van der Waals surface area contributed by atoms with Gasteiger partial charge in [0.15, 0.2) is 7.14 Å². The van der Waals surface area contributed by atoms with Gasteiger partial charge in [-0.2, -0.15) is 0 Å². The fourth-order valence-electron chi connectivity index (χ4n) is 7.75. The second-order valence-corrected chi connectivity index (χ2v) is 15.9. The van der Waals surface area contributed by atoms with E-state index in [2.05, 4.69) is 120 Å². The van der Waals surface area contributed by atoms with E-state index in [4.69, 9.17) is 4.98 Å². The normalized spacial score (nSPS) is 12.0. The lowest BCUT2D eigenvalue weighted by atomic mass is 9.95. The van der Waals surface area contributed by atoms with Crippen molar-refractivity contribution in [1.29, 1.82) is 0 Å². The van der Waals surface area contributed by atoms with Crippen molar-refractivity contribution in [2.75, 3.05) is 0 Å². The zero-order chi connectivity index (χ0) is 33.9. The molecule has 10 aromatic rings. The van der Waals surface area contributed by atoms with Gasteiger partial charge in [-0.3, -0.25) is 4.40 Å². The van der Waals surface area contributed by atoms with Crippen molar-refractivity contribution in [3.63, 3.8) is 0 Å². The average Bonchev–Trinajstić information content (AvgIpc) is 3.61. The quantitative estimate of drug-likeness (QED) is 0.135. The van der Waals surface area contributed by atoms with Crippen molar-refractivity contribution in [2.24, 2.45) is 0 Å². The van der Waals surface area contributed by atoms with Crippen molar-refractivity contribution < 1.29 is 4.57 Å². The van der Waals surface area contributed by atoms with E-state index in [1.165, 1.54) is 21.5 Å². The number of nitrogens with zero attached hydrogens (tertiary/aromatic N) is 2. The van der Waals surface area contributed by atoms with E-state index >= 15 is 0 Å². The summed E-state index contributed by atoms with van der Waals surface area (Å²) in [6.45, 7) is 0. The Morgan fingerprint density at radius 1 is 0.412 bits per heavy atom. The highest BCUT2D eigenvalue weighted by Gasteiger charge is 2.29. The maximum atomic E-state index is 14.8. The van der Waals surface area contributed by atoms with E-state index in [-0.39, 0.29) is 0 Å². The Labute approximate surface area is 295 Å². The summed E-state index contributed by atoms with van der Waals surface area (Å²) in [6, 6.07) is 64.9. The van der Waals surface area contributed by atoms with Gasteiger partial charge in [0.25, 0.3) is 0 Å². The lowest BCUT2D eigenvalue weighted by Crippen LogP contribution is -2.24. The van der Waals surface area contributed by atoms with E-state index in [0.29, 0.717) is 0 Å². The minimum Gasteiger partial charge on any atom is -0.309 e. The number of hydrogen-bond donors (Lipinski definition) is 0. The molecular formula is C47H31N2OP. The summed E-state index contributed by atoms with van der Waals surface area (Å²) in [6.07, 6.45) is 0.